The first-order valence-corrected chi connectivity index (χ1v) is 9.99. The molecular weight excluding hydrogens is 375 g/mol. The van der Waals surface area contributed by atoms with Crippen LogP contribution < -0.4 is 0 Å². The van der Waals surface area contributed by atoms with Crippen LogP contribution in [0.5, 0.6) is 0 Å². The van der Waals surface area contributed by atoms with E-state index in [1.54, 1.807) is 18.2 Å². The normalized spacial score (nSPS) is 16.0. The summed E-state index contributed by atoms with van der Waals surface area (Å²) < 4.78 is 40.5. The molecule has 0 aliphatic carbocycles. The third-order valence-corrected chi connectivity index (χ3v) is 6.74. The molecule has 0 amide bonds. The van der Waals surface area contributed by atoms with Crippen molar-refractivity contribution in [3.05, 3.63) is 71.1 Å². The van der Waals surface area contributed by atoms with E-state index in [0.717, 1.165) is 22.0 Å². The van der Waals surface area contributed by atoms with Crippen molar-refractivity contribution in [2.24, 2.45) is 0 Å². The quantitative estimate of drug-likeness (QED) is 0.718. The zero-order valence-corrected chi connectivity index (χ0v) is 15.3. The maximum atomic E-state index is 13.6. The second-order valence-corrected chi connectivity index (χ2v) is 8.56. The highest BCUT2D eigenvalue weighted by atomic mass is 35.5. The van der Waals surface area contributed by atoms with Crippen molar-refractivity contribution in [1.82, 2.24) is 9.29 Å². The molecule has 2 heterocycles. The van der Waals surface area contributed by atoms with Gasteiger partial charge in [0.1, 0.15) is 5.82 Å². The summed E-state index contributed by atoms with van der Waals surface area (Å²) in [4.78, 5) is 3.36. The molecule has 0 atom stereocenters. The minimum Gasteiger partial charge on any atom is -0.361 e. The van der Waals surface area contributed by atoms with Crippen LogP contribution in [0.3, 0.4) is 0 Å². The molecular formula is C19H16ClFN2O2S. The molecule has 2 aromatic carbocycles. The smallest absolute Gasteiger partial charge is 0.243 e. The van der Waals surface area contributed by atoms with Gasteiger partial charge in [0, 0.05) is 40.8 Å². The number of rotatable bonds is 3. The highest BCUT2D eigenvalue weighted by molar-refractivity contribution is 7.89. The standard InChI is InChI=1S/C19H16ClFN2O2S/c20-14-1-4-16(5-2-14)26(24,25)23-9-7-13(8-10-23)18-12-22-19-6-3-15(21)11-17(18)19/h1-7,11-12,22H,8-10H2. The van der Waals surface area contributed by atoms with E-state index in [1.807, 2.05) is 12.3 Å². The predicted octanol–water partition coefficient (Wildman–Crippen LogP) is 4.44. The van der Waals surface area contributed by atoms with E-state index < -0.39 is 10.0 Å². The van der Waals surface area contributed by atoms with Gasteiger partial charge in [-0.3, -0.25) is 0 Å². The topological polar surface area (TPSA) is 53.2 Å². The molecule has 0 fully saturated rings. The molecule has 0 bridgehead atoms. The molecule has 4 nitrogen and oxygen atoms in total. The van der Waals surface area contributed by atoms with Crippen LogP contribution in [0, 0.1) is 5.82 Å². The predicted molar refractivity (Wildman–Crippen MR) is 101 cm³/mol. The number of fused-ring (bicyclic) bond motifs is 1. The van der Waals surface area contributed by atoms with E-state index >= 15 is 0 Å². The highest BCUT2D eigenvalue weighted by Gasteiger charge is 2.26. The number of halogens is 2. The average Bonchev–Trinajstić information content (AvgIpc) is 3.05. The van der Waals surface area contributed by atoms with E-state index in [4.69, 9.17) is 11.6 Å². The summed E-state index contributed by atoms with van der Waals surface area (Å²) in [5.41, 5.74) is 2.80. The second-order valence-electron chi connectivity index (χ2n) is 6.19. The SMILES string of the molecule is O=S(=O)(c1ccc(Cl)cc1)N1CC=C(c2c[nH]c3ccc(F)cc23)CC1. The molecule has 0 radical (unpaired) electrons. The van der Waals surface area contributed by atoms with Crippen molar-refractivity contribution >= 4 is 38.1 Å². The van der Waals surface area contributed by atoms with Gasteiger partial charge in [0.05, 0.1) is 4.90 Å². The summed E-state index contributed by atoms with van der Waals surface area (Å²) in [5.74, 6) is -0.290. The summed E-state index contributed by atoms with van der Waals surface area (Å²) in [6.07, 6.45) is 4.31. The fraction of sp³-hybridized carbons (Fsp3) is 0.158. The Hall–Kier alpha value is -2.15. The lowest BCUT2D eigenvalue weighted by molar-refractivity contribution is 0.441. The van der Waals surface area contributed by atoms with Gasteiger partial charge in [-0.2, -0.15) is 4.31 Å². The number of sulfonamides is 1. The first-order valence-electron chi connectivity index (χ1n) is 8.17. The van der Waals surface area contributed by atoms with Gasteiger partial charge in [0.2, 0.25) is 10.0 Å². The second kappa shape index (κ2) is 6.54. The summed E-state index contributed by atoms with van der Waals surface area (Å²) in [7, 11) is -3.56. The molecule has 7 heteroatoms. The number of nitrogens with one attached hydrogen (secondary N) is 1. The Labute approximate surface area is 155 Å². The molecule has 1 aliphatic rings. The zero-order chi connectivity index (χ0) is 18.3. The molecule has 0 unspecified atom stereocenters. The fourth-order valence-electron chi connectivity index (χ4n) is 3.23. The van der Waals surface area contributed by atoms with E-state index in [-0.39, 0.29) is 17.3 Å². The maximum Gasteiger partial charge on any atom is 0.243 e. The Kier molecular flexibility index (Phi) is 4.34. The van der Waals surface area contributed by atoms with Gasteiger partial charge in [0.15, 0.2) is 0 Å². The molecule has 0 spiro atoms. The Morgan fingerprint density at radius 1 is 1.12 bits per heavy atom. The molecule has 26 heavy (non-hydrogen) atoms. The Balaban J connectivity index is 1.61. The van der Waals surface area contributed by atoms with Crippen LogP contribution in [0.25, 0.3) is 16.5 Å². The molecule has 1 aliphatic heterocycles. The summed E-state index contributed by atoms with van der Waals surface area (Å²) >= 11 is 5.83. The van der Waals surface area contributed by atoms with Crippen molar-refractivity contribution in [2.45, 2.75) is 11.3 Å². The lowest BCUT2D eigenvalue weighted by Crippen LogP contribution is -2.34. The Morgan fingerprint density at radius 2 is 1.88 bits per heavy atom. The van der Waals surface area contributed by atoms with Crippen LogP contribution in [0.4, 0.5) is 4.39 Å². The number of hydrogen-bond donors (Lipinski definition) is 1. The first-order chi connectivity index (χ1) is 12.4. The fourth-order valence-corrected chi connectivity index (χ4v) is 4.73. The Bertz CT molecular complexity index is 1100. The van der Waals surface area contributed by atoms with Gasteiger partial charge >= 0.3 is 0 Å². The Morgan fingerprint density at radius 3 is 2.58 bits per heavy atom. The van der Waals surface area contributed by atoms with E-state index in [9.17, 15) is 12.8 Å². The third-order valence-electron chi connectivity index (χ3n) is 4.61. The van der Waals surface area contributed by atoms with Crippen LogP contribution in [0.2, 0.25) is 5.02 Å². The van der Waals surface area contributed by atoms with Crippen LogP contribution in [0.1, 0.15) is 12.0 Å². The summed E-state index contributed by atoms with van der Waals surface area (Å²) in [6.45, 7) is 0.654. The van der Waals surface area contributed by atoms with Crippen LogP contribution in [-0.2, 0) is 10.0 Å². The van der Waals surface area contributed by atoms with Gasteiger partial charge in [-0.15, -0.1) is 0 Å². The van der Waals surface area contributed by atoms with Crippen LogP contribution >= 0.6 is 11.6 Å². The molecule has 0 saturated heterocycles. The number of H-pyrrole nitrogens is 1. The van der Waals surface area contributed by atoms with Crippen molar-refractivity contribution in [3.8, 4) is 0 Å². The molecule has 134 valence electrons. The third kappa shape index (κ3) is 3.05. The minimum atomic E-state index is -3.56. The number of nitrogens with zero attached hydrogens (tertiary/aromatic N) is 1. The van der Waals surface area contributed by atoms with Gasteiger partial charge in [-0.25, -0.2) is 12.8 Å². The summed E-state index contributed by atoms with van der Waals surface area (Å²) in [6, 6.07) is 10.8. The van der Waals surface area contributed by atoms with E-state index in [2.05, 4.69) is 4.98 Å². The van der Waals surface area contributed by atoms with E-state index in [1.165, 1.54) is 28.6 Å². The number of aromatic amines is 1. The molecule has 1 N–H and O–H groups in total. The maximum absolute atomic E-state index is 13.6. The summed E-state index contributed by atoms with van der Waals surface area (Å²) in [5, 5.41) is 1.31. The van der Waals surface area contributed by atoms with Gasteiger partial charge in [0.25, 0.3) is 0 Å². The number of benzene rings is 2. The largest absolute Gasteiger partial charge is 0.361 e. The van der Waals surface area contributed by atoms with E-state index in [0.29, 0.717) is 18.0 Å². The average molecular weight is 391 g/mol. The minimum absolute atomic E-state index is 0.230. The van der Waals surface area contributed by atoms with Crippen molar-refractivity contribution < 1.29 is 12.8 Å². The van der Waals surface area contributed by atoms with Crippen molar-refractivity contribution in [2.75, 3.05) is 13.1 Å². The first kappa shape index (κ1) is 17.3. The van der Waals surface area contributed by atoms with Crippen molar-refractivity contribution in [3.63, 3.8) is 0 Å². The van der Waals surface area contributed by atoms with Crippen molar-refractivity contribution in [1.29, 1.82) is 0 Å². The van der Waals surface area contributed by atoms with Crippen LogP contribution in [0.15, 0.2) is 59.6 Å². The number of aromatic nitrogens is 1. The molecule has 0 saturated carbocycles. The molecule has 1 aromatic heterocycles. The molecule has 4 rings (SSSR count). The van der Waals surface area contributed by atoms with Gasteiger partial charge in [-0.05, 0) is 54.5 Å². The number of hydrogen-bond acceptors (Lipinski definition) is 2. The lowest BCUT2D eigenvalue weighted by atomic mass is 10.00. The zero-order valence-electron chi connectivity index (χ0n) is 13.7. The van der Waals surface area contributed by atoms with Gasteiger partial charge < -0.3 is 4.98 Å². The van der Waals surface area contributed by atoms with Crippen LogP contribution in [-0.4, -0.2) is 30.8 Å². The van der Waals surface area contributed by atoms with Gasteiger partial charge in [-0.1, -0.05) is 17.7 Å². The molecule has 3 aromatic rings. The monoisotopic (exact) mass is 390 g/mol. The lowest BCUT2D eigenvalue weighted by Gasteiger charge is -2.25. The highest BCUT2D eigenvalue weighted by Crippen LogP contribution is 2.31.